The fraction of sp³-hybridized carbons (Fsp3) is 0.273. The summed E-state index contributed by atoms with van der Waals surface area (Å²) in [5.41, 5.74) is 0.238. The molecule has 2 N–H and O–H groups in total. The maximum absolute atomic E-state index is 12.4. The number of aromatic nitrogens is 1. The third-order valence-corrected chi connectivity index (χ3v) is 2.43. The summed E-state index contributed by atoms with van der Waals surface area (Å²) in [4.78, 5) is 2.30. The van der Waals surface area contributed by atoms with E-state index in [2.05, 4.69) is 4.98 Å². The molecule has 0 bridgehead atoms. The van der Waals surface area contributed by atoms with Crippen LogP contribution in [-0.4, -0.2) is 10.1 Å². The molecule has 0 aliphatic rings. The SMILES string of the molecule is CC(O)c1ccc2[nH]c(C(F)(F)F)cc2c1. The fourth-order valence-electron chi connectivity index (χ4n) is 1.56. The van der Waals surface area contributed by atoms with Gasteiger partial charge in [-0.05, 0) is 30.7 Å². The lowest BCUT2D eigenvalue weighted by atomic mass is 10.1. The molecule has 16 heavy (non-hydrogen) atoms. The maximum Gasteiger partial charge on any atom is 0.431 e. The van der Waals surface area contributed by atoms with Crippen LogP contribution in [0.3, 0.4) is 0 Å². The van der Waals surface area contributed by atoms with E-state index in [-0.39, 0.29) is 0 Å². The second-order valence-electron chi connectivity index (χ2n) is 3.70. The van der Waals surface area contributed by atoms with Crippen molar-refractivity contribution in [3.8, 4) is 0 Å². The molecule has 0 aliphatic heterocycles. The molecule has 2 nitrogen and oxygen atoms in total. The lowest BCUT2D eigenvalue weighted by Crippen LogP contribution is -2.04. The highest BCUT2D eigenvalue weighted by molar-refractivity contribution is 5.81. The van der Waals surface area contributed by atoms with Crippen molar-refractivity contribution in [2.24, 2.45) is 0 Å². The Morgan fingerprint density at radius 2 is 1.94 bits per heavy atom. The third kappa shape index (κ3) is 1.90. The van der Waals surface area contributed by atoms with Crippen molar-refractivity contribution in [3.05, 3.63) is 35.5 Å². The largest absolute Gasteiger partial charge is 0.431 e. The van der Waals surface area contributed by atoms with E-state index in [1.807, 2.05) is 0 Å². The number of halogens is 3. The van der Waals surface area contributed by atoms with Gasteiger partial charge in [0.15, 0.2) is 0 Å². The van der Waals surface area contributed by atoms with E-state index in [1.165, 1.54) is 6.07 Å². The Labute approximate surface area is 89.7 Å². The molecular formula is C11H10F3NO. The van der Waals surface area contributed by atoms with Crippen LogP contribution in [0.2, 0.25) is 0 Å². The van der Waals surface area contributed by atoms with Gasteiger partial charge in [-0.15, -0.1) is 0 Å². The van der Waals surface area contributed by atoms with Gasteiger partial charge in [-0.25, -0.2) is 0 Å². The van der Waals surface area contributed by atoms with Crippen molar-refractivity contribution >= 4 is 10.9 Å². The molecule has 1 heterocycles. The minimum Gasteiger partial charge on any atom is -0.389 e. The zero-order valence-corrected chi connectivity index (χ0v) is 8.47. The van der Waals surface area contributed by atoms with Crippen LogP contribution in [0.5, 0.6) is 0 Å². The number of fused-ring (bicyclic) bond motifs is 1. The first-order chi connectivity index (χ1) is 7.38. The van der Waals surface area contributed by atoms with Gasteiger partial charge in [-0.2, -0.15) is 13.2 Å². The molecule has 1 atom stereocenters. The molecule has 0 fully saturated rings. The van der Waals surface area contributed by atoms with E-state index in [0.29, 0.717) is 16.5 Å². The Kier molecular flexibility index (Phi) is 2.42. The smallest absolute Gasteiger partial charge is 0.389 e. The highest BCUT2D eigenvalue weighted by Crippen LogP contribution is 2.31. The van der Waals surface area contributed by atoms with E-state index in [0.717, 1.165) is 6.07 Å². The monoisotopic (exact) mass is 229 g/mol. The number of aromatic amines is 1. The van der Waals surface area contributed by atoms with E-state index in [9.17, 15) is 18.3 Å². The standard InChI is InChI=1S/C11H10F3NO/c1-6(16)7-2-3-9-8(4-7)5-10(15-9)11(12,13)14/h2-6,15-16H,1H3. The molecule has 0 radical (unpaired) electrons. The van der Waals surface area contributed by atoms with Crippen LogP contribution in [0.1, 0.15) is 24.3 Å². The van der Waals surface area contributed by atoms with Crippen molar-refractivity contribution in [1.82, 2.24) is 4.98 Å². The molecule has 1 aromatic heterocycles. The van der Waals surface area contributed by atoms with Gasteiger partial charge in [-0.3, -0.25) is 0 Å². The molecule has 2 rings (SSSR count). The van der Waals surface area contributed by atoms with Crippen molar-refractivity contribution < 1.29 is 18.3 Å². The summed E-state index contributed by atoms with van der Waals surface area (Å²) < 4.78 is 37.2. The van der Waals surface area contributed by atoms with Gasteiger partial charge in [0.25, 0.3) is 0 Å². The van der Waals surface area contributed by atoms with Gasteiger partial charge in [-0.1, -0.05) is 6.07 Å². The van der Waals surface area contributed by atoms with E-state index < -0.39 is 18.0 Å². The molecule has 0 aliphatic carbocycles. The van der Waals surface area contributed by atoms with Crippen LogP contribution in [0.25, 0.3) is 10.9 Å². The number of hydrogen-bond acceptors (Lipinski definition) is 1. The molecule has 0 saturated carbocycles. The highest BCUT2D eigenvalue weighted by atomic mass is 19.4. The Hall–Kier alpha value is -1.49. The third-order valence-electron chi connectivity index (χ3n) is 2.43. The molecule has 2 aromatic rings. The second kappa shape index (κ2) is 3.52. The number of H-pyrrole nitrogens is 1. The van der Waals surface area contributed by atoms with E-state index >= 15 is 0 Å². The Balaban J connectivity index is 2.54. The number of nitrogens with one attached hydrogen (secondary N) is 1. The summed E-state index contributed by atoms with van der Waals surface area (Å²) in [5, 5.41) is 9.77. The van der Waals surface area contributed by atoms with Crippen molar-refractivity contribution in [1.29, 1.82) is 0 Å². The summed E-state index contributed by atoms with van der Waals surface area (Å²) in [6, 6.07) is 5.73. The van der Waals surface area contributed by atoms with Gasteiger partial charge in [0.1, 0.15) is 5.69 Å². The number of aliphatic hydroxyl groups excluding tert-OH is 1. The average molecular weight is 229 g/mol. The van der Waals surface area contributed by atoms with Crippen LogP contribution in [0, 0.1) is 0 Å². The molecule has 5 heteroatoms. The molecule has 0 spiro atoms. The summed E-state index contributed by atoms with van der Waals surface area (Å²) in [6.07, 6.45) is -5.06. The van der Waals surface area contributed by atoms with Crippen LogP contribution < -0.4 is 0 Å². The van der Waals surface area contributed by atoms with Crippen molar-refractivity contribution in [3.63, 3.8) is 0 Å². The van der Waals surface area contributed by atoms with Gasteiger partial charge >= 0.3 is 6.18 Å². The lowest BCUT2D eigenvalue weighted by molar-refractivity contribution is -0.140. The number of hydrogen-bond donors (Lipinski definition) is 2. The Bertz CT molecular complexity index is 513. The van der Waals surface area contributed by atoms with Crippen molar-refractivity contribution in [2.45, 2.75) is 19.2 Å². The summed E-state index contributed by atoms with van der Waals surface area (Å²) in [7, 11) is 0. The first-order valence-corrected chi connectivity index (χ1v) is 4.76. The zero-order valence-electron chi connectivity index (χ0n) is 8.47. The second-order valence-corrected chi connectivity index (χ2v) is 3.70. The Morgan fingerprint density at radius 3 is 2.50 bits per heavy atom. The Morgan fingerprint density at radius 1 is 1.25 bits per heavy atom. The predicted molar refractivity (Wildman–Crippen MR) is 53.9 cm³/mol. The maximum atomic E-state index is 12.4. The van der Waals surface area contributed by atoms with Crippen LogP contribution in [-0.2, 0) is 6.18 Å². The lowest BCUT2D eigenvalue weighted by Gasteiger charge is -2.03. The minimum absolute atomic E-state index is 0.414. The molecular weight excluding hydrogens is 219 g/mol. The van der Waals surface area contributed by atoms with Gasteiger partial charge in [0.2, 0.25) is 0 Å². The quantitative estimate of drug-likeness (QED) is 0.773. The molecule has 1 unspecified atom stereocenters. The summed E-state index contributed by atoms with van der Waals surface area (Å²) in [6.45, 7) is 1.57. The highest BCUT2D eigenvalue weighted by Gasteiger charge is 2.32. The number of alkyl halides is 3. The first-order valence-electron chi connectivity index (χ1n) is 4.76. The molecule has 1 aromatic carbocycles. The van der Waals surface area contributed by atoms with E-state index in [1.54, 1.807) is 19.1 Å². The average Bonchev–Trinajstić information content (AvgIpc) is 2.58. The summed E-state index contributed by atoms with van der Waals surface area (Å²) >= 11 is 0. The fourth-order valence-corrected chi connectivity index (χ4v) is 1.56. The molecule has 0 amide bonds. The van der Waals surface area contributed by atoms with Gasteiger partial charge in [0.05, 0.1) is 6.10 Å². The van der Waals surface area contributed by atoms with Crippen LogP contribution in [0.4, 0.5) is 13.2 Å². The zero-order chi connectivity index (χ0) is 11.9. The first kappa shape index (κ1) is 11.0. The minimum atomic E-state index is -4.37. The van der Waals surface area contributed by atoms with Gasteiger partial charge in [0, 0.05) is 10.9 Å². The topological polar surface area (TPSA) is 36.0 Å². The number of benzene rings is 1. The summed E-state index contributed by atoms with van der Waals surface area (Å²) in [5.74, 6) is 0. The van der Waals surface area contributed by atoms with Crippen LogP contribution >= 0.6 is 0 Å². The number of aliphatic hydroxyl groups is 1. The number of rotatable bonds is 1. The molecule has 86 valence electrons. The predicted octanol–water partition coefficient (Wildman–Crippen LogP) is 3.24. The van der Waals surface area contributed by atoms with E-state index in [4.69, 9.17) is 0 Å². The molecule has 0 saturated heterocycles. The van der Waals surface area contributed by atoms with Gasteiger partial charge < -0.3 is 10.1 Å². The van der Waals surface area contributed by atoms with Crippen molar-refractivity contribution in [2.75, 3.05) is 0 Å². The normalized spacial score (nSPS) is 14.3. The van der Waals surface area contributed by atoms with Crippen LogP contribution in [0.15, 0.2) is 24.3 Å².